The van der Waals surface area contributed by atoms with E-state index in [1.54, 1.807) is 29.8 Å². The number of rotatable bonds is 7. The lowest BCUT2D eigenvalue weighted by atomic mass is 10.2. The van der Waals surface area contributed by atoms with Crippen LogP contribution in [0.1, 0.15) is 13.3 Å². The number of benzene rings is 1. The highest BCUT2D eigenvalue weighted by molar-refractivity contribution is 7.99. The van der Waals surface area contributed by atoms with Gasteiger partial charge in [0.05, 0.1) is 23.2 Å². The molecule has 2 aromatic rings. The maximum Gasteiger partial charge on any atom is 0.262 e. The van der Waals surface area contributed by atoms with Gasteiger partial charge in [-0.15, -0.1) is 0 Å². The van der Waals surface area contributed by atoms with Gasteiger partial charge < -0.3 is 10.2 Å². The van der Waals surface area contributed by atoms with Crippen molar-refractivity contribution in [1.29, 1.82) is 0 Å². The van der Waals surface area contributed by atoms with E-state index in [4.69, 9.17) is 11.6 Å². The van der Waals surface area contributed by atoms with Crippen LogP contribution in [0.15, 0.2) is 28.2 Å². The SMILES string of the molecule is CCCn1c(SCC(=O)N(C)CC(=O)NC)nc2cc(Cl)ccc2c1=O. The average molecular weight is 397 g/mol. The van der Waals surface area contributed by atoms with Crippen LogP contribution in [0.25, 0.3) is 10.9 Å². The Balaban J connectivity index is 2.27. The molecule has 2 rings (SSSR count). The molecule has 0 unspecified atom stereocenters. The molecule has 0 spiro atoms. The highest BCUT2D eigenvalue weighted by atomic mass is 35.5. The molecule has 26 heavy (non-hydrogen) atoms. The van der Waals surface area contributed by atoms with E-state index < -0.39 is 0 Å². The molecule has 0 aliphatic rings. The number of fused-ring (bicyclic) bond motifs is 1. The third kappa shape index (κ3) is 4.76. The van der Waals surface area contributed by atoms with Crippen LogP contribution in [0.2, 0.25) is 5.02 Å². The molecule has 0 fully saturated rings. The molecule has 9 heteroatoms. The lowest BCUT2D eigenvalue weighted by molar-refractivity contribution is -0.132. The summed E-state index contributed by atoms with van der Waals surface area (Å²) >= 11 is 7.18. The van der Waals surface area contributed by atoms with Gasteiger partial charge in [0.1, 0.15) is 0 Å². The first-order chi connectivity index (χ1) is 12.4. The summed E-state index contributed by atoms with van der Waals surface area (Å²) in [7, 11) is 3.08. The van der Waals surface area contributed by atoms with Crippen molar-refractivity contribution in [2.75, 3.05) is 26.4 Å². The minimum Gasteiger partial charge on any atom is -0.358 e. The lowest BCUT2D eigenvalue weighted by Crippen LogP contribution is -2.37. The van der Waals surface area contributed by atoms with Crippen LogP contribution in [0.5, 0.6) is 0 Å². The summed E-state index contributed by atoms with van der Waals surface area (Å²) in [5.41, 5.74) is 0.352. The monoisotopic (exact) mass is 396 g/mol. The first-order valence-corrected chi connectivity index (χ1v) is 9.51. The number of halogens is 1. The van der Waals surface area contributed by atoms with Crippen molar-refractivity contribution in [3.8, 4) is 0 Å². The Labute approximate surface area is 160 Å². The van der Waals surface area contributed by atoms with E-state index >= 15 is 0 Å². The van der Waals surface area contributed by atoms with Crippen LogP contribution in [0.4, 0.5) is 0 Å². The number of nitrogens with one attached hydrogen (secondary N) is 1. The van der Waals surface area contributed by atoms with Gasteiger partial charge in [0.15, 0.2) is 5.16 Å². The fourth-order valence-corrected chi connectivity index (χ4v) is 3.46. The van der Waals surface area contributed by atoms with E-state index in [-0.39, 0.29) is 29.7 Å². The fraction of sp³-hybridized carbons (Fsp3) is 0.412. The molecule has 140 valence electrons. The molecule has 0 aliphatic carbocycles. The van der Waals surface area contributed by atoms with Crippen molar-refractivity contribution in [2.24, 2.45) is 0 Å². The van der Waals surface area contributed by atoms with Gasteiger partial charge in [-0.3, -0.25) is 19.0 Å². The maximum absolute atomic E-state index is 12.7. The molecule has 2 amide bonds. The van der Waals surface area contributed by atoms with Crippen molar-refractivity contribution in [1.82, 2.24) is 19.8 Å². The van der Waals surface area contributed by atoms with Crippen LogP contribution in [0.3, 0.4) is 0 Å². The predicted molar refractivity (Wildman–Crippen MR) is 104 cm³/mol. The van der Waals surface area contributed by atoms with Crippen LogP contribution < -0.4 is 10.9 Å². The third-order valence-electron chi connectivity index (χ3n) is 3.74. The summed E-state index contributed by atoms with van der Waals surface area (Å²) in [6, 6.07) is 4.96. The van der Waals surface area contributed by atoms with Gasteiger partial charge in [0.25, 0.3) is 5.56 Å². The number of likely N-dealkylation sites (N-methyl/N-ethyl adjacent to an activating group) is 2. The molecular formula is C17H21ClN4O3S. The highest BCUT2D eigenvalue weighted by Crippen LogP contribution is 2.21. The van der Waals surface area contributed by atoms with Gasteiger partial charge in [-0.2, -0.15) is 0 Å². The summed E-state index contributed by atoms with van der Waals surface area (Å²) in [6.45, 7) is 2.46. The number of thioether (sulfide) groups is 1. The predicted octanol–water partition coefficient (Wildman–Crippen LogP) is 1.76. The zero-order valence-corrected chi connectivity index (χ0v) is 16.5. The normalized spacial score (nSPS) is 10.8. The number of aromatic nitrogens is 2. The van der Waals surface area contributed by atoms with Crippen molar-refractivity contribution in [3.05, 3.63) is 33.6 Å². The summed E-state index contributed by atoms with van der Waals surface area (Å²) in [5, 5.41) is 3.93. The maximum atomic E-state index is 12.7. The van der Waals surface area contributed by atoms with Crippen LogP contribution in [0, 0.1) is 0 Å². The molecule has 0 saturated heterocycles. The molecule has 1 heterocycles. The van der Waals surface area contributed by atoms with Gasteiger partial charge in [0.2, 0.25) is 11.8 Å². The van der Waals surface area contributed by atoms with Gasteiger partial charge >= 0.3 is 0 Å². The molecule has 0 radical (unpaired) electrons. The number of carbonyl (C=O) groups excluding carboxylic acids is 2. The molecule has 0 aliphatic heterocycles. The number of nitrogens with zero attached hydrogens (tertiary/aromatic N) is 3. The molecule has 1 aromatic carbocycles. The largest absolute Gasteiger partial charge is 0.358 e. The number of hydrogen-bond acceptors (Lipinski definition) is 5. The van der Waals surface area contributed by atoms with Gasteiger partial charge in [-0.1, -0.05) is 30.3 Å². The summed E-state index contributed by atoms with van der Waals surface area (Å²) in [6.07, 6.45) is 0.763. The molecule has 1 N–H and O–H groups in total. The Hall–Kier alpha value is -2.06. The minimum absolute atomic E-state index is 0.0155. The minimum atomic E-state index is -0.243. The second-order valence-corrected chi connectivity index (χ2v) is 7.10. The van der Waals surface area contributed by atoms with Crippen molar-refractivity contribution < 1.29 is 9.59 Å². The quantitative estimate of drug-likeness (QED) is 0.569. The second kappa shape index (κ2) is 9.05. The Morgan fingerprint density at radius 2 is 2.12 bits per heavy atom. The van der Waals surface area contributed by atoms with Crippen LogP contribution in [-0.4, -0.2) is 52.7 Å². The summed E-state index contributed by atoms with van der Waals surface area (Å²) in [4.78, 5) is 42.2. The topological polar surface area (TPSA) is 84.3 Å². The Morgan fingerprint density at radius 3 is 2.77 bits per heavy atom. The van der Waals surface area contributed by atoms with E-state index in [0.717, 1.165) is 6.42 Å². The fourth-order valence-electron chi connectivity index (χ4n) is 2.32. The molecular weight excluding hydrogens is 376 g/mol. The Morgan fingerprint density at radius 1 is 1.38 bits per heavy atom. The van der Waals surface area contributed by atoms with Crippen LogP contribution >= 0.6 is 23.4 Å². The highest BCUT2D eigenvalue weighted by Gasteiger charge is 2.16. The Kier molecular flexibility index (Phi) is 7.05. The van der Waals surface area contributed by atoms with E-state index in [9.17, 15) is 14.4 Å². The number of amides is 2. The Bertz CT molecular complexity index is 884. The van der Waals surface area contributed by atoms with Crippen molar-refractivity contribution >= 4 is 46.1 Å². The molecule has 0 atom stereocenters. The van der Waals surface area contributed by atoms with Crippen LogP contribution in [-0.2, 0) is 16.1 Å². The lowest BCUT2D eigenvalue weighted by Gasteiger charge is -2.17. The number of carbonyl (C=O) groups is 2. The smallest absolute Gasteiger partial charge is 0.262 e. The van der Waals surface area contributed by atoms with Crippen molar-refractivity contribution in [2.45, 2.75) is 25.0 Å². The molecule has 7 nitrogen and oxygen atoms in total. The van der Waals surface area contributed by atoms with E-state index in [1.807, 2.05) is 6.92 Å². The third-order valence-corrected chi connectivity index (χ3v) is 4.94. The zero-order chi connectivity index (χ0) is 19.3. The second-order valence-electron chi connectivity index (χ2n) is 5.72. The molecule has 1 aromatic heterocycles. The zero-order valence-electron chi connectivity index (χ0n) is 14.9. The van der Waals surface area contributed by atoms with Gasteiger partial charge in [-0.05, 0) is 24.6 Å². The molecule has 0 saturated carbocycles. The summed E-state index contributed by atoms with van der Waals surface area (Å²) < 4.78 is 1.58. The van der Waals surface area contributed by atoms with Gasteiger partial charge in [-0.25, -0.2) is 4.98 Å². The average Bonchev–Trinajstić information content (AvgIpc) is 2.61. The molecule has 0 bridgehead atoms. The standard InChI is InChI=1S/C17H21ClN4O3S/c1-4-7-22-16(25)12-6-5-11(18)8-13(12)20-17(22)26-10-15(24)21(3)9-14(23)19-2/h5-6,8H,4,7,9-10H2,1-3H3,(H,19,23). The first-order valence-electron chi connectivity index (χ1n) is 8.14. The van der Waals surface area contributed by atoms with Crippen molar-refractivity contribution in [3.63, 3.8) is 0 Å². The van der Waals surface area contributed by atoms with E-state index in [1.165, 1.54) is 23.7 Å². The van der Waals surface area contributed by atoms with E-state index in [2.05, 4.69) is 10.3 Å². The van der Waals surface area contributed by atoms with Gasteiger partial charge in [0, 0.05) is 25.7 Å². The summed E-state index contributed by atoms with van der Waals surface area (Å²) in [5.74, 6) is -0.385. The number of hydrogen-bond donors (Lipinski definition) is 1. The first kappa shape index (κ1) is 20.3. The van der Waals surface area contributed by atoms with E-state index in [0.29, 0.717) is 27.6 Å².